The molecule has 0 amide bonds. The van der Waals surface area contributed by atoms with Gasteiger partial charge >= 0.3 is 0 Å². The van der Waals surface area contributed by atoms with Gasteiger partial charge in [-0.05, 0) is 32.6 Å². The van der Waals surface area contributed by atoms with Crippen molar-refractivity contribution >= 4 is 5.69 Å². The molecule has 0 aliphatic carbocycles. The number of rotatable bonds is 4. The van der Waals surface area contributed by atoms with Crippen LogP contribution in [0.1, 0.15) is 18.9 Å². The molecule has 4 nitrogen and oxygen atoms in total. The van der Waals surface area contributed by atoms with Crippen molar-refractivity contribution in [2.45, 2.75) is 19.9 Å². The van der Waals surface area contributed by atoms with Crippen LogP contribution in [-0.2, 0) is 6.54 Å². The summed E-state index contributed by atoms with van der Waals surface area (Å²) in [6.45, 7) is 8.64. The third-order valence-corrected chi connectivity index (χ3v) is 3.50. The van der Waals surface area contributed by atoms with Gasteiger partial charge in [0.05, 0.1) is 0 Å². The average Bonchev–Trinajstić information content (AvgIpc) is 2.61. The minimum absolute atomic E-state index is 0.909. The van der Waals surface area contributed by atoms with Gasteiger partial charge in [-0.25, -0.2) is 0 Å². The predicted molar refractivity (Wildman–Crippen MR) is 75.9 cm³/mol. The Hall–Kier alpha value is -1.13. The summed E-state index contributed by atoms with van der Waals surface area (Å²) in [7, 11) is 2.20. The van der Waals surface area contributed by atoms with Crippen LogP contribution in [0.3, 0.4) is 0 Å². The molecule has 2 heterocycles. The maximum atomic E-state index is 4.25. The highest BCUT2D eigenvalue weighted by Gasteiger charge is 2.15. The Labute approximate surface area is 110 Å². The van der Waals surface area contributed by atoms with E-state index in [2.05, 4.69) is 40.1 Å². The van der Waals surface area contributed by atoms with E-state index in [9.17, 15) is 0 Å². The first-order chi connectivity index (χ1) is 8.81. The van der Waals surface area contributed by atoms with Crippen LogP contribution in [0.4, 0.5) is 5.69 Å². The lowest BCUT2D eigenvalue weighted by molar-refractivity contribution is 0.360. The lowest BCUT2D eigenvalue weighted by Gasteiger charge is -2.25. The number of likely N-dealkylation sites (N-methyl/N-ethyl adjacent to an activating group) is 1. The Morgan fingerprint density at radius 2 is 2.17 bits per heavy atom. The quantitative estimate of drug-likeness (QED) is 0.871. The normalized spacial score (nSPS) is 17.8. The molecule has 0 bridgehead atoms. The number of aromatic nitrogens is 1. The molecule has 0 unspecified atom stereocenters. The van der Waals surface area contributed by atoms with Gasteiger partial charge in [-0.15, -0.1) is 0 Å². The van der Waals surface area contributed by atoms with E-state index in [1.165, 1.54) is 24.2 Å². The van der Waals surface area contributed by atoms with Gasteiger partial charge in [0.2, 0.25) is 0 Å². The number of anilines is 1. The van der Waals surface area contributed by atoms with Crippen molar-refractivity contribution in [2.24, 2.45) is 0 Å². The SMILES string of the molecule is CCNCc1cnccc1N1CCCN(C)CC1. The minimum Gasteiger partial charge on any atom is -0.370 e. The molecule has 2 rings (SSSR count). The molecule has 1 aliphatic rings. The lowest BCUT2D eigenvalue weighted by Crippen LogP contribution is -2.30. The fourth-order valence-electron chi connectivity index (χ4n) is 2.41. The summed E-state index contributed by atoms with van der Waals surface area (Å²) in [5.74, 6) is 0. The monoisotopic (exact) mass is 248 g/mol. The number of hydrogen-bond donors (Lipinski definition) is 1. The molecule has 1 aliphatic heterocycles. The molecule has 1 N–H and O–H groups in total. The Bertz CT molecular complexity index is 367. The molecule has 18 heavy (non-hydrogen) atoms. The van der Waals surface area contributed by atoms with Gasteiger partial charge < -0.3 is 15.1 Å². The maximum Gasteiger partial charge on any atom is 0.0443 e. The summed E-state index contributed by atoms with van der Waals surface area (Å²) in [4.78, 5) is 9.16. The van der Waals surface area contributed by atoms with E-state index in [4.69, 9.17) is 0 Å². The van der Waals surface area contributed by atoms with Crippen LogP contribution in [0.5, 0.6) is 0 Å². The molecule has 1 aromatic rings. The zero-order valence-electron chi connectivity index (χ0n) is 11.5. The van der Waals surface area contributed by atoms with Gasteiger partial charge in [-0.2, -0.15) is 0 Å². The standard InChI is InChI=1S/C14H24N4/c1-3-15-11-13-12-16-6-5-14(13)18-8-4-7-17(2)9-10-18/h5-6,12,15H,3-4,7-11H2,1-2H3. The first-order valence-corrected chi connectivity index (χ1v) is 6.88. The molecule has 0 atom stereocenters. The molecular weight excluding hydrogens is 224 g/mol. The molecule has 1 saturated heterocycles. The molecular formula is C14H24N4. The summed E-state index contributed by atoms with van der Waals surface area (Å²) >= 11 is 0. The van der Waals surface area contributed by atoms with Crippen molar-refractivity contribution in [3.8, 4) is 0 Å². The first kappa shape index (κ1) is 13.3. The topological polar surface area (TPSA) is 31.4 Å². The van der Waals surface area contributed by atoms with Crippen LogP contribution in [-0.4, -0.2) is 49.7 Å². The van der Waals surface area contributed by atoms with E-state index in [0.717, 1.165) is 32.7 Å². The van der Waals surface area contributed by atoms with Crippen molar-refractivity contribution in [1.82, 2.24) is 15.2 Å². The fourth-order valence-corrected chi connectivity index (χ4v) is 2.41. The second-order valence-electron chi connectivity index (χ2n) is 4.93. The summed E-state index contributed by atoms with van der Waals surface area (Å²) in [5.41, 5.74) is 2.66. The first-order valence-electron chi connectivity index (χ1n) is 6.88. The molecule has 4 heteroatoms. The number of nitrogens with one attached hydrogen (secondary N) is 1. The Morgan fingerprint density at radius 1 is 1.28 bits per heavy atom. The van der Waals surface area contributed by atoms with Crippen molar-refractivity contribution in [3.63, 3.8) is 0 Å². The largest absolute Gasteiger partial charge is 0.370 e. The summed E-state index contributed by atoms with van der Waals surface area (Å²) in [5, 5.41) is 3.39. The van der Waals surface area contributed by atoms with Crippen molar-refractivity contribution in [3.05, 3.63) is 24.0 Å². The van der Waals surface area contributed by atoms with Gasteiger partial charge in [-0.3, -0.25) is 4.98 Å². The molecule has 0 aromatic carbocycles. The molecule has 1 fully saturated rings. The number of nitrogens with zero attached hydrogens (tertiary/aromatic N) is 3. The fraction of sp³-hybridized carbons (Fsp3) is 0.643. The highest BCUT2D eigenvalue weighted by Crippen LogP contribution is 2.20. The van der Waals surface area contributed by atoms with Crippen LogP contribution in [0.15, 0.2) is 18.5 Å². The van der Waals surface area contributed by atoms with Crippen molar-refractivity contribution in [1.29, 1.82) is 0 Å². The molecule has 0 radical (unpaired) electrons. The Balaban J connectivity index is 2.10. The summed E-state index contributed by atoms with van der Waals surface area (Å²) < 4.78 is 0. The van der Waals surface area contributed by atoms with Gasteiger partial charge in [-0.1, -0.05) is 6.92 Å². The second kappa shape index (κ2) is 6.71. The summed E-state index contributed by atoms with van der Waals surface area (Å²) in [6.07, 6.45) is 5.13. The van der Waals surface area contributed by atoms with Crippen LogP contribution in [0, 0.1) is 0 Å². The maximum absolute atomic E-state index is 4.25. The van der Waals surface area contributed by atoms with E-state index in [1.54, 1.807) is 0 Å². The van der Waals surface area contributed by atoms with E-state index < -0.39 is 0 Å². The Morgan fingerprint density at radius 3 is 3.00 bits per heavy atom. The van der Waals surface area contributed by atoms with Gasteiger partial charge in [0.15, 0.2) is 0 Å². The van der Waals surface area contributed by atoms with Gasteiger partial charge in [0, 0.05) is 49.8 Å². The van der Waals surface area contributed by atoms with Crippen molar-refractivity contribution in [2.75, 3.05) is 44.7 Å². The summed E-state index contributed by atoms with van der Waals surface area (Å²) in [6, 6.07) is 2.15. The molecule has 100 valence electrons. The second-order valence-corrected chi connectivity index (χ2v) is 4.93. The van der Waals surface area contributed by atoms with E-state index in [1.807, 2.05) is 12.4 Å². The zero-order chi connectivity index (χ0) is 12.8. The average molecular weight is 248 g/mol. The molecule has 0 saturated carbocycles. The zero-order valence-corrected chi connectivity index (χ0v) is 11.5. The Kier molecular flexibility index (Phi) is 4.96. The van der Waals surface area contributed by atoms with Crippen LogP contribution in [0.2, 0.25) is 0 Å². The van der Waals surface area contributed by atoms with E-state index in [0.29, 0.717) is 0 Å². The predicted octanol–water partition coefficient (Wildman–Crippen LogP) is 1.33. The number of hydrogen-bond acceptors (Lipinski definition) is 4. The van der Waals surface area contributed by atoms with E-state index in [-0.39, 0.29) is 0 Å². The van der Waals surface area contributed by atoms with E-state index >= 15 is 0 Å². The van der Waals surface area contributed by atoms with Gasteiger partial charge in [0.1, 0.15) is 0 Å². The minimum atomic E-state index is 0.909. The van der Waals surface area contributed by atoms with Crippen LogP contribution >= 0.6 is 0 Å². The molecule has 0 spiro atoms. The van der Waals surface area contributed by atoms with Gasteiger partial charge in [0.25, 0.3) is 0 Å². The third-order valence-electron chi connectivity index (χ3n) is 3.50. The third kappa shape index (κ3) is 3.43. The smallest absolute Gasteiger partial charge is 0.0443 e. The van der Waals surface area contributed by atoms with Crippen molar-refractivity contribution < 1.29 is 0 Å². The highest BCUT2D eigenvalue weighted by atomic mass is 15.2. The lowest BCUT2D eigenvalue weighted by atomic mass is 10.2. The van der Waals surface area contributed by atoms with Crippen LogP contribution < -0.4 is 10.2 Å². The highest BCUT2D eigenvalue weighted by molar-refractivity contribution is 5.52. The number of pyridine rings is 1. The van der Waals surface area contributed by atoms with Crippen LogP contribution in [0.25, 0.3) is 0 Å². The molecule has 1 aromatic heterocycles.